The van der Waals surface area contributed by atoms with Crippen LogP contribution in [-0.2, 0) is 11.4 Å². The van der Waals surface area contributed by atoms with Crippen LogP contribution in [0, 0.1) is 6.92 Å². The Labute approximate surface area is 184 Å². The van der Waals surface area contributed by atoms with Crippen molar-refractivity contribution in [3.8, 4) is 5.75 Å². The molecule has 0 aliphatic carbocycles. The molecule has 5 nitrogen and oxygen atoms in total. The second-order valence-electron chi connectivity index (χ2n) is 6.71. The zero-order valence-electron chi connectivity index (χ0n) is 16.7. The lowest BCUT2D eigenvalue weighted by molar-refractivity contribution is -0.122. The summed E-state index contributed by atoms with van der Waals surface area (Å²) in [4.78, 5) is 23.8. The first-order valence-corrected chi connectivity index (χ1v) is 11.3. The molecule has 1 aliphatic heterocycles. The number of rotatable bonds is 6. The largest absolute Gasteiger partial charge is 0.489 e. The van der Waals surface area contributed by atoms with E-state index in [9.17, 15) is 4.79 Å². The number of carbonyl (C=O) groups is 1. The molecule has 1 aliphatic rings. The zero-order chi connectivity index (χ0) is 20.9. The number of benzene rings is 2. The number of amidine groups is 1. The first-order valence-electron chi connectivity index (χ1n) is 9.60. The van der Waals surface area contributed by atoms with Crippen molar-refractivity contribution in [2.24, 2.45) is 4.99 Å². The number of hydrogen-bond donors (Lipinski definition) is 0. The number of thioether (sulfide) groups is 1. The standard InChI is InChI=1S/C23H21N3O2S2/c1-3-26-21(27)20(30-23(26)25-22-24-12-13-29-22)14-17-8-10-19(11-9-17)28-15-18-6-4-16(2)5-7-18/h4-14H,3,15H2,1-2H3/b20-14-,25-23+. The summed E-state index contributed by atoms with van der Waals surface area (Å²) in [6, 6.07) is 16.1. The Balaban J connectivity index is 1.45. The third-order valence-electron chi connectivity index (χ3n) is 4.52. The molecule has 1 saturated heterocycles. The summed E-state index contributed by atoms with van der Waals surface area (Å²) in [6.07, 6.45) is 3.60. The highest BCUT2D eigenvalue weighted by atomic mass is 32.2. The second kappa shape index (κ2) is 9.28. The van der Waals surface area contributed by atoms with Crippen molar-refractivity contribution in [1.82, 2.24) is 9.88 Å². The number of thiazole rings is 1. The molecule has 0 bridgehead atoms. The van der Waals surface area contributed by atoms with E-state index < -0.39 is 0 Å². The molecule has 0 atom stereocenters. The van der Waals surface area contributed by atoms with E-state index >= 15 is 0 Å². The van der Waals surface area contributed by atoms with E-state index in [2.05, 4.69) is 41.2 Å². The van der Waals surface area contributed by atoms with Gasteiger partial charge in [0.15, 0.2) is 5.17 Å². The molecule has 1 amide bonds. The number of ether oxygens (including phenoxy) is 1. The van der Waals surface area contributed by atoms with E-state index in [0.29, 0.717) is 28.4 Å². The van der Waals surface area contributed by atoms with E-state index in [4.69, 9.17) is 4.74 Å². The van der Waals surface area contributed by atoms with Gasteiger partial charge in [0.1, 0.15) is 12.4 Å². The van der Waals surface area contributed by atoms with Crippen LogP contribution in [-0.4, -0.2) is 27.5 Å². The minimum absolute atomic E-state index is 0.0301. The lowest BCUT2D eigenvalue weighted by Crippen LogP contribution is -2.28. The Morgan fingerprint density at radius 1 is 1.13 bits per heavy atom. The summed E-state index contributed by atoms with van der Waals surface area (Å²) in [6.45, 7) is 5.11. The van der Waals surface area contributed by atoms with Gasteiger partial charge < -0.3 is 4.74 Å². The van der Waals surface area contributed by atoms with Gasteiger partial charge in [-0.3, -0.25) is 9.69 Å². The lowest BCUT2D eigenvalue weighted by Gasteiger charge is -2.11. The zero-order valence-corrected chi connectivity index (χ0v) is 18.4. The van der Waals surface area contributed by atoms with Gasteiger partial charge in [0.05, 0.1) is 4.91 Å². The molecular weight excluding hydrogens is 414 g/mol. The lowest BCUT2D eigenvalue weighted by atomic mass is 10.1. The number of aryl methyl sites for hydroxylation is 1. The minimum Gasteiger partial charge on any atom is -0.489 e. The first-order chi connectivity index (χ1) is 14.6. The topological polar surface area (TPSA) is 54.8 Å². The third kappa shape index (κ3) is 4.80. The minimum atomic E-state index is -0.0301. The highest BCUT2D eigenvalue weighted by Crippen LogP contribution is 2.34. The van der Waals surface area contributed by atoms with Gasteiger partial charge in [0, 0.05) is 18.1 Å². The van der Waals surface area contributed by atoms with Gasteiger partial charge in [-0.1, -0.05) is 42.0 Å². The van der Waals surface area contributed by atoms with Gasteiger partial charge in [0.25, 0.3) is 5.91 Å². The third-order valence-corrected chi connectivity index (χ3v) is 6.19. The van der Waals surface area contributed by atoms with Crippen LogP contribution in [0.1, 0.15) is 23.6 Å². The number of likely N-dealkylation sites (N-methyl/N-ethyl adjacent to an activating group) is 1. The molecule has 1 aromatic heterocycles. The first kappa shape index (κ1) is 20.4. The quantitative estimate of drug-likeness (QED) is 0.469. The van der Waals surface area contributed by atoms with Gasteiger partial charge in [0.2, 0.25) is 5.13 Å². The van der Waals surface area contributed by atoms with Crippen LogP contribution in [0.15, 0.2) is 70.0 Å². The van der Waals surface area contributed by atoms with E-state index in [0.717, 1.165) is 16.9 Å². The number of aromatic nitrogens is 1. The normalized spacial score (nSPS) is 16.6. The van der Waals surface area contributed by atoms with Crippen molar-refractivity contribution in [1.29, 1.82) is 0 Å². The second-order valence-corrected chi connectivity index (χ2v) is 8.59. The van der Waals surface area contributed by atoms with Crippen LogP contribution >= 0.6 is 23.1 Å². The van der Waals surface area contributed by atoms with Crippen LogP contribution in [0.4, 0.5) is 5.13 Å². The molecule has 30 heavy (non-hydrogen) atoms. The number of amides is 1. The molecule has 1 fully saturated rings. The van der Waals surface area contributed by atoms with Crippen molar-refractivity contribution in [3.63, 3.8) is 0 Å². The van der Waals surface area contributed by atoms with Gasteiger partial charge in [-0.05, 0) is 54.9 Å². The molecule has 0 spiro atoms. The maximum Gasteiger partial charge on any atom is 0.266 e. The van der Waals surface area contributed by atoms with Crippen molar-refractivity contribution in [2.45, 2.75) is 20.5 Å². The van der Waals surface area contributed by atoms with Crippen LogP contribution in [0.3, 0.4) is 0 Å². The molecule has 4 rings (SSSR count). The number of carbonyl (C=O) groups excluding carboxylic acids is 1. The average Bonchev–Trinajstić information content (AvgIpc) is 3.37. The fourth-order valence-electron chi connectivity index (χ4n) is 2.89. The number of aliphatic imine (C=N–C) groups is 1. The predicted octanol–water partition coefficient (Wildman–Crippen LogP) is 5.65. The molecule has 0 saturated carbocycles. The molecule has 0 unspecified atom stereocenters. The van der Waals surface area contributed by atoms with E-state index in [1.807, 2.05) is 42.6 Å². The molecule has 152 valence electrons. The van der Waals surface area contributed by atoms with Crippen molar-refractivity contribution in [3.05, 3.63) is 81.7 Å². The summed E-state index contributed by atoms with van der Waals surface area (Å²) < 4.78 is 5.86. The molecule has 2 aromatic carbocycles. The van der Waals surface area contributed by atoms with Crippen LogP contribution in [0.25, 0.3) is 6.08 Å². The molecule has 3 aromatic rings. The molecule has 2 heterocycles. The van der Waals surface area contributed by atoms with E-state index in [1.54, 1.807) is 11.1 Å². The highest BCUT2D eigenvalue weighted by Gasteiger charge is 2.32. The SMILES string of the molecule is CCN1C(=O)/C(=C/c2ccc(OCc3ccc(C)cc3)cc2)S/C1=N/c1nccs1. The van der Waals surface area contributed by atoms with Gasteiger partial charge >= 0.3 is 0 Å². The summed E-state index contributed by atoms with van der Waals surface area (Å²) in [5.41, 5.74) is 3.31. The van der Waals surface area contributed by atoms with Gasteiger partial charge in [-0.15, -0.1) is 11.3 Å². The smallest absolute Gasteiger partial charge is 0.266 e. The van der Waals surface area contributed by atoms with Gasteiger partial charge in [-0.25, -0.2) is 4.98 Å². The highest BCUT2D eigenvalue weighted by molar-refractivity contribution is 8.18. The summed E-state index contributed by atoms with van der Waals surface area (Å²) in [5.74, 6) is 0.766. The van der Waals surface area contributed by atoms with Crippen LogP contribution in [0.5, 0.6) is 5.75 Å². The Morgan fingerprint density at radius 2 is 1.90 bits per heavy atom. The van der Waals surface area contributed by atoms with E-state index in [-0.39, 0.29) is 5.91 Å². The van der Waals surface area contributed by atoms with E-state index in [1.165, 1.54) is 28.7 Å². The van der Waals surface area contributed by atoms with Crippen molar-refractivity contribution >= 4 is 45.4 Å². The Bertz CT molecular complexity index is 1070. The Hall–Kier alpha value is -2.90. The fourth-order valence-corrected chi connectivity index (χ4v) is 4.49. The summed E-state index contributed by atoms with van der Waals surface area (Å²) in [7, 11) is 0. The summed E-state index contributed by atoms with van der Waals surface area (Å²) >= 11 is 2.83. The predicted molar refractivity (Wildman–Crippen MR) is 124 cm³/mol. The maximum absolute atomic E-state index is 12.7. The number of hydrogen-bond acceptors (Lipinski definition) is 6. The average molecular weight is 436 g/mol. The molecule has 7 heteroatoms. The molecule has 0 N–H and O–H groups in total. The van der Waals surface area contributed by atoms with Gasteiger partial charge in [-0.2, -0.15) is 4.99 Å². The maximum atomic E-state index is 12.7. The van der Waals surface area contributed by atoms with Crippen LogP contribution in [0.2, 0.25) is 0 Å². The number of nitrogens with zero attached hydrogens (tertiary/aromatic N) is 3. The fraction of sp³-hybridized carbons (Fsp3) is 0.174. The Kier molecular flexibility index (Phi) is 6.30. The molecule has 0 radical (unpaired) electrons. The van der Waals surface area contributed by atoms with Crippen molar-refractivity contribution in [2.75, 3.05) is 6.54 Å². The molecular formula is C23H21N3O2S2. The van der Waals surface area contributed by atoms with Crippen LogP contribution < -0.4 is 4.74 Å². The van der Waals surface area contributed by atoms with Crippen molar-refractivity contribution < 1.29 is 9.53 Å². The monoisotopic (exact) mass is 435 g/mol. The summed E-state index contributed by atoms with van der Waals surface area (Å²) in [5, 5.41) is 3.19. The Morgan fingerprint density at radius 3 is 2.57 bits per heavy atom.